The van der Waals surface area contributed by atoms with Gasteiger partial charge in [0.15, 0.2) is 22.9 Å². The van der Waals surface area contributed by atoms with E-state index >= 15 is 0 Å². The van der Waals surface area contributed by atoms with E-state index in [1.54, 1.807) is 45.0 Å². The molecule has 1 amide bonds. The highest BCUT2D eigenvalue weighted by atomic mass is 32.1. The van der Waals surface area contributed by atoms with Crippen molar-refractivity contribution in [2.75, 3.05) is 19.0 Å². The summed E-state index contributed by atoms with van der Waals surface area (Å²) < 4.78 is 19.0. The Labute approximate surface area is 258 Å². The average molecular weight is 612 g/mol. The summed E-state index contributed by atoms with van der Waals surface area (Å²) in [5.41, 5.74) is 3.52. The quantitative estimate of drug-likeness (QED) is 0.279. The van der Waals surface area contributed by atoms with Crippen molar-refractivity contribution >= 4 is 35.0 Å². The van der Waals surface area contributed by atoms with Crippen LogP contribution in [0.3, 0.4) is 0 Å². The minimum absolute atomic E-state index is 0.273. The van der Waals surface area contributed by atoms with E-state index in [1.165, 1.54) is 23.0 Å². The smallest absolute Gasteiger partial charge is 0.338 e. The van der Waals surface area contributed by atoms with Gasteiger partial charge in [0.05, 0.1) is 35.1 Å². The molecule has 1 aromatic heterocycles. The van der Waals surface area contributed by atoms with Crippen LogP contribution in [0.1, 0.15) is 43.5 Å². The van der Waals surface area contributed by atoms with Gasteiger partial charge in [0.2, 0.25) is 0 Å². The van der Waals surface area contributed by atoms with Crippen LogP contribution in [0.4, 0.5) is 5.69 Å². The number of nitrogens with one attached hydrogen (secondary N) is 1. The molecule has 2 heterocycles. The van der Waals surface area contributed by atoms with Crippen molar-refractivity contribution in [1.29, 1.82) is 0 Å². The molecule has 0 spiro atoms. The highest BCUT2D eigenvalue weighted by Gasteiger charge is 2.33. The molecule has 0 aliphatic carbocycles. The first kappa shape index (κ1) is 30.5. The molecular formula is C34H33N3O6S. The third-order valence-corrected chi connectivity index (χ3v) is 7.88. The van der Waals surface area contributed by atoms with Crippen LogP contribution in [0.25, 0.3) is 6.08 Å². The first-order valence-electron chi connectivity index (χ1n) is 14.1. The summed E-state index contributed by atoms with van der Waals surface area (Å²) in [5, 5.41) is 2.82. The maximum Gasteiger partial charge on any atom is 0.338 e. The normalized spacial score (nSPS) is 14.6. The Kier molecular flexibility index (Phi) is 9.10. The summed E-state index contributed by atoms with van der Waals surface area (Å²) >= 11 is 1.20. The minimum Gasteiger partial charge on any atom is -0.493 e. The van der Waals surface area contributed by atoms with E-state index in [0.29, 0.717) is 43.4 Å². The molecule has 0 saturated heterocycles. The zero-order chi connectivity index (χ0) is 31.4. The molecule has 44 heavy (non-hydrogen) atoms. The number of aryl methyl sites for hydroxylation is 1. The molecule has 1 atom stereocenters. The number of amides is 1. The van der Waals surface area contributed by atoms with Gasteiger partial charge in [-0.1, -0.05) is 71.5 Å². The fourth-order valence-corrected chi connectivity index (χ4v) is 5.92. The Morgan fingerprint density at radius 2 is 1.75 bits per heavy atom. The summed E-state index contributed by atoms with van der Waals surface area (Å²) in [7, 11) is 1.51. The number of fused-ring (bicyclic) bond motifs is 1. The number of methoxy groups -OCH3 is 1. The second kappa shape index (κ2) is 13.1. The Morgan fingerprint density at radius 1 is 1.02 bits per heavy atom. The number of carbonyl (C=O) groups excluding carboxylic acids is 2. The molecule has 1 unspecified atom stereocenters. The fraction of sp³-hybridized carbons (Fsp3) is 0.235. The topological polar surface area (TPSA) is 108 Å². The number of carbonyl (C=O) groups is 2. The fourth-order valence-electron chi connectivity index (χ4n) is 4.89. The minimum atomic E-state index is -0.715. The van der Waals surface area contributed by atoms with Crippen LogP contribution in [0.15, 0.2) is 93.9 Å². The predicted octanol–water partition coefficient (Wildman–Crippen LogP) is 4.52. The first-order valence-corrected chi connectivity index (χ1v) is 14.9. The lowest BCUT2D eigenvalue weighted by Crippen LogP contribution is -2.40. The van der Waals surface area contributed by atoms with Gasteiger partial charge in [0.1, 0.15) is 0 Å². The first-order chi connectivity index (χ1) is 21.2. The monoisotopic (exact) mass is 611 g/mol. The van der Waals surface area contributed by atoms with Crippen LogP contribution < -0.4 is 29.7 Å². The van der Waals surface area contributed by atoms with Crippen molar-refractivity contribution in [3.63, 3.8) is 0 Å². The van der Waals surface area contributed by atoms with E-state index in [1.807, 2.05) is 61.5 Å². The van der Waals surface area contributed by atoms with E-state index in [0.717, 1.165) is 11.1 Å². The number of allylic oxidation sites excluding steroid dienone is 1. The highest BCUT2D eigenvalue weighted by molar-refractivity contribution is 7.07. The maximum atomic E-state index is 14.0. The molecule has 1 aliphatic heterocycles. The number of para-hydroxylation sites is 1. The van der Waals surface area contributed by atoms with Crippen LogP contribution in [0, 0.1) is 6.92 Å². The third-order valence-electron chi connectivity index (χ3n) is 6.90. The standard InChI is InChI=1S/C34H33N3O6S/c1-20(2)43-33(40)29-22(4)35-34-37(30(29)23-10-7-6-8-11-23)32(39)27(44-34)18-24-12-9-13-26(41-5)31(24)42-19-28(38)36-25-16-14-21(3)15-17-25/h6-18,20,30H,19H2,1-5H3,(H,36,38). The molecule has 1 N–H and O–H groups in total. The molecule has 5 rings (SSSR count). The van der Waals surface area contributed by atoms with Crippen LogP contribution in [0.5, 0.6) is 11.5 Å². The number of benzene rings is 3. The number of esters is 1. The summed E-state index contributed by atoms with van der Waals surface area (Å²) in [5.74, 6) is -0.135. The lowest BCUT2D eigenvalue weighted by atomic mass is 9.96. The molecule has 0 radical (unpaired) electrons. The van der Waals surface area contributed by atoms with Gasteiger partial charge in [-0.3, -0.25) is 14.2 Å². The summed E-state index contributed by atoms with van der Waals surface area (Å²) in [6.07, 6.45) is 1.35. The van der Waals surface area contributed by atoms with Crippen molar-refractivity contribution in [2.24, 2.45) is 4.99 Å². The highest BCUT2D eigenvalue weighted by Crippen LogP contribution is 2.33. The van der Waals surface area contributed by atoms with Crippen molar-refractivity contribution in [3.8, 4) is 11.5 Å². The molecular weight excluding hydrogens is 578 g/mol. The molecule has 0 bridgehead atoms. The Balaban J connectivity index is 1.54. The number of thiazole rings is 1. The van der Waals surface area contributed by atoms with E-state index in [-0.39, 0.29) is 24.2 Å². The zero-order valence-electron chi connectivity index (χ0n) is 25.1. The maximum absolute atomic E-state index is 14.0. The van der Waals surface area contributed by atoms with Gasteiger partial charge in [0.25, 0.3) is 11.5 Å². The number of ether oxygens (including phenoxy) is 3. The summed E-state index contributed by atoms with van der Waals surface area (Å²) in [6, 6.07) is 21.4. The predicted molar refractivity (Wildman–Crippen MR) is 170 cm³/mol. The van der Waals surface area contributed by atoms with Gasteiger partial charge in [-0.05, 0) is 57.5 Å². The summed E-state index contributed by atoms with van der Waals surface area (Å²) in [4.78, 5) is 45.1. The molecule has 0 saturated carbocycles. The molecule has 4 aromatic rings. The molecule has 0 fully saturated rings. The second-order valence-corrected chi connectivity index (χ2v) is 11.5. The lowest BCUT2D eigenvalue weighted by molar-refractivity contribution is -0.143. The number of aromatic nitrogens is 1. The van der Waals surface area contributed by atoms with Gasteiger partial charge >= 0.3 is 5.97 Å². The van der Waals surface area contributed by atoms with Crippen molar-refractivity contribution < 1.29 is 23.8 Å². The van der Waals surface area contributed by atoms with Crippen LogP contribution >= 0.6 is 11.3 Å². The van der Waals surface area contributed by atoms with Crippen LogP contribution in [0.2, 0.25) is 0 Å². The average Bonchev–Trinajstić information content (AvgIpc) is 3.30. The number of hydrogen-bond donors (Lipinski definition) is 1. The van der Waals surface area contributed by atoms with Gasteiger partial charge in [0, 0.05) is 11.3 Å². The SMILES string of the molecule is COc1cccc(C=c2sc3n(c2=O)C(c2ccccc2)C(C(=O)OC(C)C)=C(C)N=3)c1OCC(=O)Nc1ccc(C)cc1. The van der Waals surface area contributed by atoms with Gasteiger partial charge in [-0.15, -0.1) is 0 Å². The van der Waals surface area contributed by atoms with Crippen LogP contribution in [-0.4, -0.2) is 36.3 Å². The van der Waals surface area contributed by atoms with Crippen molar-refractivity contribution in [2.45, 2.75) is 39.8 Å². The molecule has 1 aliphatic rings. The number of rotatable bonds is 9. The van der Waals surface area contributed by atoms with Crippen LogP contribution in [-0.2, 0) is 14.3 Å². The third kappa shape index (κ3) is 6.50. The second-order valence-electron chi connectivity index (χ2n) is 10.5. The van der Waals surface area contributed by atoms with E-state index < -0.39 is 12.0 Å². The van der Waals surface area contributed by atoms with E-state index in [4.69, 9.17) is 14.2 Å². The van der Waals surface area contributed by atoms with Gasteiger partial charge in [-0.25, -0.2) is 9.79 Å². The molecule has 9 nitrogen and oxygen atoms in total. The van der Waals surface area contributed by atoms with Gasteiger partial charge < -0.3 is 19.5 Å². The molecule has 3 aromatic carbocycles. The number of hydrogen-bond acceptors (Lipinski definition) is 8. The Bertz CT molecular complexity index is 1910. The van der Waals surface area contributed by atoms with Crippen molar-refractivity contribution in [3.05, 3.63) is 120 Å². The van der Waals surface area contributed by atoms with E-state index in [2.05, 4.69) is 10.3 Å². The largest absolute Gasteiger partial charge is 0.493 e. The molecule has 226 valence electrons. The number of nitrogens with zero attached hydrogens (tertiary/aromatic N) is 2. The summed E-state index contributed by atoms with van der Waals surface area (Å²) in [6.45, 7) is 7.00. The Hall–Kier alpha value is -4.96. The lowest BCUT2D eigenvalue weighted by Gasteiger charge is -2.25. The zero-order valence-corrected chi connectivity index (χ0v) is 25.9. The number of anilines is 1. The van der Waals surface area contributed by atoms with Gasteiger partial charge in [-0.2, -0.15) is 0 Å². The van der Waals surface area contributed by atoms with E-state index in [9.17, 15) is 14.4 Å². The Morgan fingerprint density at radius 3 is 2.43 bits per heavy atom. The van der Waals surface area contributed by atoms with Crippen molar-refractivity contribution in [1.82, 2.24) is 4.57 Å². The molecule has 10 heteroatoms.